The number of hydrogen-bond donors (Lipinski definition) is 3. The van der Waals surface area contributed by atoms with E-state index in [-0.39, 0.29) is 58.3 Å². The minimum Gasteiger partial charge on any atom is -0.496 e. The van der Waals surface area contributed by atoms with Gasteiger partial charge < -0.3 is 25.2 Å². The molecular formula is C29H41FN2O6. The molecule has 1 aromatic rings. The van der Waals surface area contributed by atoms with Crippen LogP contribution in [0.3, 0.4) is 0 Å². The van der Waals surface area contributed by atoms with Crippen LogP contribution in [0.1, 0.15) is 83.0 Å². The average Bonchev–Trinajstić information content (AvgIpc) is 3.46. The first-order valence-electron chi connectivity index (χ1n) is 13.7. The van der Waals surface area contributed by atoms with Crippen molar-refractivity contribution >= 4 is 17.8 Å². The van der Waals surface area contributed by atoms with Crippen molar-refractivity contribution in [3.63, 3.8) is 0 Å². The van der Waals surface area contributed by atoms with E-state index < -0.39 is 23.1 Å². The van der Waals surface area contributed by atoms with E-state index in [0.717, 1.165) is 25.3 Å². The number of fused-ring (bicyclic) bond motifs is 2. The zero-order chi connectivity index (χ0) is 27.8. The number of nitrogens with one attached hydrogen (secondary N) is 2. The van der Waals surface area contributed by atoms with Gasteiger partial charge in [-0.15, -0.1) is 0 Å². The minimum absolute atomic E-state index is 0.0295. The third-order valence-electron chi connectivity index (χ3n) is 8.65. The number of amides is 2. The molecule has 0 spiro atoms. The second-order valence-electron chi connectivity index (χ2n) is 12.8. The van der Waals surface area contributed by atoms with E-state index in [0.29, 0.717) is 32.2 Å². The number of carbonyl (C=O) groups is 3. The molecule has 0 saturated heterocycles. The summed E-state index contributed by atoms with van der Waals surface area (Å²) in [5.41, 5.74) is -0.708. The van der Waals surface area contributed by atoms with Gasteiger partial charge in [-0.3, -0.25) is 14.4 Å². The topological polar surface area (TPSA) is 114 Å². The molecule has 2 amide bonds. The number of carbonyl (C=O) groups excluding carboxylic acids is 2. The summed E-state index contributed by atoms with van der Waals surface area (Å²) in [4.78, 5) is 38.2. The lowest BCUT2D eigenvalue weighted by atomic mass is 9.75. The second-order valence-corrected chi connectivity index (χ2v) is 12.8. The molecule has 3 fully saturated rings. The molecule has 3 aliphatic rings. The van der Waals surface area contributed by atoms with E-state index in [1.165, 1.54) is 13.2 Å². The van der Waals surface area contributed by atoms with E-state index in [2.05, 4.69) is 31.4 Å². The zero-order valence-corrected chi connectivity index (χ0v) is 23.1. The van der Waals surface area contributed by atoms with Gasteiger partial charge in [0.1, 0.15) is 5.75 Å². The Labute approximate surface area is 224 Å². The Bertz CT molecular complexity index is 1080. The third-order valence-corrected chi connectivity index (χ3v) is 8.65. The molecule has 8 nitrogen and oxygen atoms in total. The van der Waals surface area contributed by atoms with Crippen LogP contribution in [0.5, 0.6) is 11.5 Å². The second kappa shape index (κ2) is 10.7. The fourth-order valence-corrected chi connectivity index (χ4v) is 6.29. The average molecular weight is 533 g/mol. The van der Waals surface area contributed by atoms with Gasteiger partial charge in [-0.2, -0.15) is 0 Å². The van der Waals surface area contributed by atoms with Gasteiger partial charge in [-0.05, 0) is 75.2 Å². The summed E-state index contributed by atoms with van der Waals surface area (Å²) in [6.45, 7) is 8.46. The molecule has 3 aliphatic carbocycles. The molecule has 210 valence electrons. The van der Waals surface area contributed by atoms with Crippen molar-refractivity contribution in [1.29, 1.82) is 0 Å². The van der Waals surface area contributed by atoms with Crippen LogP contribution < -0.4 is 20.1 Å². The van der Waals surface area contributed by atoms with Crippen molar-refractivity contribution < 1.29 is 33.4 Å². The number of carboxylic acids is 1. The van der Waals surface area contributed by atoms with Crippen molar-refractivity contribution in [1.82, 2.24) is 10.6 Å². The van der Waals surface area contributed by atoms with Crippen LogP contribution in [-0.4, -0.2) is 48.7 Å². The molecule has 0 unspecified atom stereocenters. The Morgan fingerprint density at radius 3 is 2.34 bits per heavy atom. The Morgan fingerprint density at radius 2 is 1.74 bits per heavy atom. The fourth-order valence-electron chi connectivity index (χ4n) is 6.29. The molecule has 0 aliphatic heterocycles. The Balaban J connectivity index is 1.48. The summed E-state index contributed by atoms with van der Waals surface area (Å²) < 4.78 is 26.2. The number of carboxylic acid groups (broad SMARTS) is 1. The first-order valence-corrected chi connectivity index (χ1v) is 13.7. The van der Waals surface area contributed by atoms with Crippen LogP contribution in [0, 0.1) is 34.4 Å². The largest absolute Gasteiger partial charge is 0.496 e. The van der Waals surface area contributed by atoms with Gasteiger partial charge >= 0.3 is 5.97 Å². The van der Waals surface area contributed by atoms with Gasteiger partial charge in [0.2, 0.25) is 5.91 Å². The van der Waals surface area contributed by atoms with Crippen molar-refractivity contribution in [2.45, 2.75) is 84.8 Å². The summed E-state index contributed by atoms with van der Waals surface area (Å²) in [5.74, 6) is -1.75. The molecule has 4 atom stereocenters. The predicted molar refractivity (Wildman–Crippen MR) is 140 cm³/mol. The third kappa shape index (κ3) is 5.91. The van der Waals surface area contributed by atoms with Crippen molar-refractivity contribution in [2.24, 2.45) is 28.6 Å². The normalized spacial score (nSPS) is 30.5. The lowest BCUT2D eigenvalue weighted by Gasteiger charge is -2.34. The molecule has 0 heterocycles. The molecule has 2 bridgehead atoms. The van der Waals surface area contributed by atoms with E-state index in [1.54, 1.807) is 6.92 Å². The van der Waals surface area contributed by atoms with Crippen LogP contribution in [0.2, 0.25) is 0 Å². The SMILES string of the molecule is COc1cc(F)c(O[C@H]2CC[C@@](C)(C(=O)O)CC2)cc1C(=O)N[C@@H]1[C@@H]2CC[C@@H](C2)[C@@H]1C(=O)NCC(C)(C)C. The number of halogens is 1. The van der Waals surface area contributed by atoms with Gasteiger partial charge in [0.15, 0.2) is 11.6 Å². The summed E-state index contributed by atoms with van der Waals surface area (Å²) in [6.07, 6.45) is 4.32. The number of ether oxygens (including phenoxy) is 2. The van der Waals surface area contributed by atoms with Crippen LogP contribution in [0.4, 0.5) is 4.39 Å². The maximum absolute atomic E-state index is 14.9. The van der Waals surface area contributed by atoms with E-state index in [9.17, 15) is 23.9 Å². The monoisotopic (exact) mass is 532 g/mol. The summed E-state index contributed by atoms with van der Waals surface area (Å²) >= 11 is 0. The predicted octanol–water partition coefficient (Wildman–Crippen LogP) is 4.55. The highest BCUT2D eigenvalue weighted by Gasteiger charge is 2.51. The number of methoxy groups -OCH3 is 1. The highest BCUT2D eigenvalue weighted by molar-refractivity contribution is 5.98. The van der Waals surface area contributed by atoms with Crippen LogP contribution in [-0.2, 0) is 9.59 Å². The summed E-state index contributed by atoms with van der Waals surface area (Å²) in [7, 11) is 1.38. The number of benzene rings is 1. The quantitative estimate of drug-likeness (QED) is 0.453. The molecule has 9 heteroatoms. The highest BCUT2D eigenvalue weighted by Crippen LogP contribution is 2.49. The van der Waals surface area contributed by atoms with Gasteiger partial charge in [0, 0.05) is 18.7 Å². The Morgan fingerprint density at radius 1 is 1.08 bits per heavy atom. The van der Waals surface area contributed by atoms with E-state index in [1.807, 2.05) is 0 Å². The van der Waals surface area contributed by atoms with Gasteiger partial charge in [0.05, 0.1) is 30.1 Å². The van der Waals surface area contributed by atoms with Crippen LogP contribution >= 0.6 is 0 Å². The van der Waals surface area contributed by atoms with Crippen LogP contribution in [0.15, 0.2) is 12.1 Å². The highest BCUT2D eigenvalue weighted by atomic mass is 19.1. The molecular weight excluding hydrogens is 491 g/mol. The molecule has 0 radical (unpaired) electrons. The molecule has 3 N–H and O–H groups in total. The van der Waals surface area contributed by atoms with Gasteiger partial charge in [-0.1, -0.05) is 20.8 Å². The molecule has 38 heavy (non-hydrogen) atoms. The number of aliphatic carboxylic acids is 1. The maximum atomic E-state index is 14.9. The fraction of sp³-hybridized carbons (Fsp3) is 0.690. The minimum atomic E-state index is -0.837. The van der Waals surface area contributed by atoms with Crippen molar-refractivity contribution in [2.75, 3.05) is 13.7 Å². The first kappa shape index (κ1) is 28.2. The lowest BCUT2D eigenvalue weighted by molar-refractivity contribution is -0.150. The smallest absolute Gasteiger partial charge is 0.309 e. The Hall–Kier alpha value is -2.84. The lowest BCUT2D eigenvalue weighted by Crippen LogP contribution is -2.50. The van der Waals surface area contributed by atoms with Crippen molar-refractivity contribution in [3.8, 4) is 11.5 Å². The Kier molecular flexibility index (Phi) is 7.96. The molecule has 3 saturated carbocycles. The maximum Gasteiger partial charge on any atom is 0.309 e. The molecule has 1 aromatic carbocycles. The van der Waals surface area contributed by atoms with E-state index >= 15 is 0 Å². The molecule has 4 rings (SSSR count). The first-order chi connectivity index (χ1) is 17.8. The van der Waals surface area contributed by atoms with Gasteiger partial charge in [-0.25, -0.2) is 4.39 Å². The summed E-state index contributed by atoms with van der Waals surface area (Å²) in [6, 6.07) is 2.20. The van der Waals surface area contributed by atoms with E-state index in [4.69, 9.17) is 9.47 Å². The van der Waals surface area contributed by atoms with Crippen molar-refractivity contribution in [3.05, 3.63) is 23.5 Å². The zero-order valence-electron chi connectivity index (χ0n) is 23.1. The van der Waals surface area contributed by atoms with Gasteiger partial charge in [0.25, 0.3) is 5.91 Å². The standard InChI is InChI=1S/C29H41FN2O6/c1-28(2,3)15-31-26(34)23-16-6-7-17(12-16)24(23)32-25(33)19-13-22(20(30)14-21(19)37-5)38-18-8-10-29(4,11-9-18)27(35)36/h13-14,16-18,23-24H,6-12,15H2,1-5H3,(H,31,34)(H,32,33)(H,35,36)/t16-,17+,18-,23-,24+,29+/m0/s1. The summed E-state index contributed by atoms with van der Waals surface area (Å²) in [5, 5.41) is 15.6. The van der Waals surface area contributed by atoms with Crippen LogP contribution in [0.25, 0.3) is 0 Å². The number of rotatable bonds is 8. The number of hydrogen-bond acceptors (Lipinski definition) is 5. The molecule has 0 aromatic heterocycles.